The van der Waals surface area contributed by atoms with Crippen LogP contribution in [0.1, 0.15) is 0 Å². The first kappa shape index (κ1) is 7.23. The highest BCUT2D eigenvalue weighted by atomic mass is 32.2. The Morgan fingerprint density at radius 3 is 2.40 bits per heavy atom. The highest BCUT2D eigenvalue weighted by molar-refractivity contribution is 7.94. The normalized spacial score (nSPS) is 22.1. The number of sulfonamides is 1. The lowest BCUT2D eigenvalue weighted by Gasteiger charge is -1.94. The maximum absolute atomic E-state index is 10.8. The minimum absolute atomic E-state index is 0.00694. The molecule has 5 nitrogen and oxygen atoms in total. The second-order valence-electron chi connectivity index (χ2n) is 1.79. The lowest BCUT2D eigenvalue weighted by Crippen LogP contribution is -2.13. The van der Waals surface area contributed by atoms with E-state index in [1.807, 2.05) is 0 Å². The van der Waals surface area contributed by atoms with Crippen LogP contribution in [-0.2, 0) is 10.0 Å². The molecule has 0 aromatic carbocycles. The molecule has 0 aromatic rings. The van der Waals surface area contributed by atoms with Crippen LogP contribution in [0, 0.1) is 0 Å². The maximum atomic E-state index is 10.8. The van der Waals surface area contributed by atoms with Gasteiger partial charge in [-0.2, -0.15) is 12.8 Å². The van der Waals surface area contributed by atoms with Gasteiger partial charge in [0.15, 0.2) is 0 Å². The Kier molecular flexibility index (Phi) is 1.49. The van der Waals surface area contributed by atoms with Crippen molar-refractivity contribution in [2.24, 2.45) is 15.9 Å². The Hall–Kier alpha value is -0.880. The van der Waals surface area contributed by atoms with Crippen molar-refractivity contribution in [1.29, 1.82) is 0 Å². The summed E-state index contributed by atoms with van der Waals surface area (Å²) in [4.78, 5) is 0.00694. The van der Waals surface area contributed by atoms with Gasteiger partial charge in [-0.05, 0) is 0 Å². The zero-order chi connectivity index (χ0) is 7.78. The second-order valence-corrected chi connectivity index (χ2v) is 3.45. The Morgan fingerprint density at radius 2 is 2.20 bits per heavy atom. The van der Waals surface area contributed by atoms with Gasteiger partial charge in [-0.1, -0.05) is 0 Å². The van der Waals surface area contributed by atoms with Crippen LogP contribution >= 0.6 is 0 Å². The molecule has 1 rings (SSSR count). The first-order valence-electron chi connectivity index (χ1n) is 2.57. The number of hydrogen-bond donors (Lipinski definition) is 2. The van der Waals surface area contributed by atoms with Gasteiger partial charge in [-0.25, -0.2) is 0 Å². The van der Waals surface area contributed by atoms with E-state index in [-0.39, 0.29) is 17.1 Å². The van der Waals surface area contributed by atoms with Gasteiger partial charge in [0.25, 0.3) is 10.0 Å². The van der Waals surface area contributed by atoms with Gasteiger partial charge in [0.05, 0.1) is 11.9 Å². The van der Waals surface area contributed by atoms with Gasteiger partial charge in [0.2, 0.25) is 0 Å². The summed E-state index contributed by atoms with van der Waals surface area (Å²) in [5, 5.41) is 0. The highest BCUT2D eigenvalue weighted by Crippen LogP contribution is 2.14. The van der Waals surface area contributed by atoms with E-state index in [9.17, 15) is 8.42 Å². The summed E-state index contributed by atoms with van der Waals surface area (Å²) in [5.74, 6) is 0. The summed E-state index contributed by atoms with van der Waals surface area (Å²) in [6, 6.07) is 0. The van der Waals surface area contributed by atoms with Crippen molar-refractivity contribution < 1.29 is 8.42 Å². The summed E-state index contributed by atoms with van der Waals surface area (Å²) < 4.78 is 24.7. The van der Waals surface area contributed by atoms with Gasteiger partial charge in [0, 0.05) is 6.54 Å². The van der Waals surface area contributed by atoms with Crippen LogP contribution in [-0.4, -0.2) is 21.2 Å². The third-order valence-electron chi connectivity index (χ3n) is 1.15. The number of nitrogens with zero attached hydrogens (tertiary/aromatic N) is 1. The number of nitrogens with two attached hydrogens (primary N) is 2. The molecule has 4 N–H and O–H groups in total. The van der Waals surface area contributed by atoms with Crippen LogP contribution in [0.3, 0.4) is 0 Å². The van der Waals surface area contributed by atoms with Crippen molar-refractivity contribution in [2.75, 3.05) is 6.54 Å². The van der Waals surface area contributed by atoms with E-state index in [0.29, 0.717) is 0 Å². The van der Waals surface area contributed by atoms with Crippen molar-refractivity contribution in [3.8, 4) is 0 Å². The molecule has 0 fully saturated rings. The number of allylic oxidation sites excluding steroid dienone is 1. The summed E-state index contributed by atoms with van der Waals surface area (Å²) in [5.41, 5.74) is 10.5. The van der Waals surface area contributed by atoms with Crippen LogP contribution in [0.2, 0.25) is 0 Å². The van der Waals surface area contributed by atoms with Crippen LogP contribution < -0.4 is 11.5 Å². The highest BCUT2D eigenvalue weighted by Gasteiger charge is 2.22. The topological polar surface area (TPSA) is 98.5 Å². The lowest BCUT2D eigenvalue weighted by molar-refractivity contribution is 0.604. The molecule has 0 radical (unpaired) electrons. The van der Waals surface area contributed by atoms with Gasteiger partial charge in [0.1, 0.15) is 4.91 Å². The third kappa shape index (κ3) is 0.910. The molecular weight excluding hydrogens is 154 g/mol. The molecule has 0 spiro atoms. The zero-order valence-electron chi connectivity index (χ0n) is 5.11. The molecule has 0 aromatic heterocycles. The van der Waals surface area contributed by atoms with E-state index in [0.717, 1.165) is 6.21 Å². The van der Waals surface area contributed by atoms with Gasteiger partial charge in [-0.15, -0.1) is 0 Å². The molecule has 1 heterocycles. The third-order valence-corrected chi connectivity index (χ3v) is 2.56. The summed E-state index contributed by atoms with van der Waals surface area (Å²) in [6.45, 7) is -0.0891. The van der Waals surface area contributed by atoms with Crippen molar-refractivity contribution in [1.82, 2.24) is 0 Å². The average molecular weight is 161 g/mol. The molecule has 0 unspecified atom stereocenters. The Labute approximate surface area is 58.5 Å². The van der Waals surface area contributed by atoms with E-state index >= 15 is 0 Å². The Morgan fingerprint density at radius 1 is 1.60 bits per heavy atom. The van der Waals surface area contributed by atoms with Crippen LogP contribution in [0.4, 0.5) is 0 Å². The molecule has 1 aliphatic heterocycles. The Balaban J connectivity index is 3.22. The van der Waals surface area contributed by atoms with Crippen molar-refractivity contribution in [2.45, 2.75) is 0 Å². The van der Waals surface area contributed by atoms with E-state index < -0.39 is 10.0 Å². The fraction of sp³-hybridized carbons (Fsp3) is 0.250. The molecule has 0 saturated heterocycles. The molecule has 10 heavy (non-hydrogen) atoms. The van der Waals surface area contributed by atoms with E-state index in [1.165, 1.54) is 0 Å². The lowest BCUT2D eigenvalue weighted by atomic mass is 10.4. The zero-order valence-corrected chi connectivity index (χ0v) is 5.93. The van der Waals surface area contributed by atoms with E-state index in [1.54, 1.807) is 0 Å². The summed E-state index contributed by atoms with van der Waals surface area (Å²) in [7, 11) is -3.49. The van der Waals surface area contributed by atoms with Gasteiger partial charge in [-0.3, -0.25) is 0 Å². The van der Waals surface area contributed by atoms with Crippen molar-refractivity contribution >= 4 is 16.2 Å². The average Bonchev–Trinajstić information content (AvgIpc) is 2.07. The summed E-state index contributed by atoms with van der Waals surface area (Å²) >= 11 is 0. The predicted octanol–water partition coefficient (Wildman–Crippen LogP) is -1.47. The minimum atomic E-state index is -3.49. The monoisotopic (exact) mass is 161 g/mol. The van der Waals surface area contributed by atoms with Gasteiger partial charge < -0.3 is 11.5 Å². The molecule has 0 saturated carbocycles. The maximum Gasteiger partial charge on any atom is 0.281 e. The SMILES string of the molecule is NCC1=C(N)C=NS1(=O)=O. The standard InChI is InChI=1S/C4H7N3O2S/c5-1-4-3(6)2-7-10(4,8)9/h2H,1,5-6H2. The minimum Gasteiger partial charge on any atom is -0.397 e. The first-order valence-corrected chi connectivity index (χ1v) is 4.01. The fourth-order valence-electron chi connectivity index (χ4n) is 0.634. The molecule has 56 valence electrons. The van der Waals surface area contributed by atoms with Crippen molar-refractivity contribution in [3.05, 3.63) is 10.6 Å². The number of hydrogen-bond acceptors (Lipinski definition) is 4. The first-order chi connectivity index (χ1) is 4.58. The van der Waals surface area contributed by atoms with Crippen LogP contribution in [0.15, 0.2) is 15.0 Å². The molecule has 6 heteroatoms. The quantitative estimate of drug-likeness (QED) is 0.490. The van der Waals surface area contributed by atoms with Crippen molar-refractivity contribution in [3.63, 3.8) is 0 Å². The van der Waals surface area contributed by atoms with E-state index in [4.69, 9.17) is 11.5 Å². The second kappa shape index (κ2) is 2.06. The largest absolute Gasteiger partial charge is 0.397 e. The van der Waals surface area contributed by atoms with Crippen LogP contribution in [0.5, 0.6) is 0 Å². The molecule has 0 aliphatic carbocycles. The predicted molar refractivity (Wildman–Crippen MR) is 37.7 cm³/mol. The number of rotatable bonds is 1. The molecule has 0 amide bonds. The smallest absolute Gasteiger partial charge is 0.281 e. The molecular formula is C4H7N3O2S. The fourth-order valence-corrected chi connectivity index (χ4v) is 1.57. The summed E-state index contributed by atoms with van der Waals surface area (Å²) in [6.07, 6.45) is 1.09. The molecule has 1 aliphatic rings. The molecule has 0 atom stereocenters. The molecule has 0 bridgehead atoms. The Bertz CT molecular complexity index is 300. The van der Waals surface area contributed by atoms with Gasteiger partial charge >= 0.3 is 0 Å². The van der Waals surface area contributed by atoms with E-state index in [2.05, 4.69) is 4.40 Å². The van der Waals surface area contributed by atoms with Crippen LogP contribution in [0.25, 0.3) is 0 Å².